The molecule has 0 radical (unpaired) electrons. The molecule has 2 heteroatoms. The molecule has 1 atom stereocenters. The van der Waals surface area contributed by atoms with Crippen LogP contribution in [0.25, 0.3) is 0 Å². The van der Waals surface area contributed by atoms with Crippen LogP contribution in [-0.2, 0) is 11.2 Å². The van der Waals surface area contributed by atoms with Gasteiger partial charge in [0.05, 0.1) is 12.5 Å². The zero-order valence-electron chi connectivity index (χ0n) is 12.3. The van der Waals surface area contributed by atoms with Gasteiger partial charge in [0.2, 0.25) is 5.91 Å². The molecule has 2 nitrogen and oxygen atoms in total. The van der Waals surface area contributed by atoms with Crippen LogP contribution in [0.4, 0.5) is 0 Å². The van der Waals surface area contributed by atoms with Gasteiger partial charge in [-0.3, -0.25) is 4.79 Å². The summed E-state index contributed by atoms with van der Waals surface area (Å²) in [6, 6.07) is 16.3. The van der Waals surface area contributed by atoms with Gasteiger partial charge >= 0.3 is 0 Å². The van der Waals surface area contributed by atoms with E-state index in [1.807, 2.05) is 43.3 Å². The molecule has 0 aliphatic carbocycles. The molecule has 0 spiro atoms. The molecule has 0 unspecified atom stereocenters. The van der Waals surface area contributed by atoms with Gasteiger partial charge in [-0.15, -0.1) is 0 Å². The van der Waals surface area contributed by atoms with E-state index in [9.17, 15) is 4.79 Å². The second-order valence-corrected chi connectivity index (χ2v) is 5.31. The lowest BCUT2D eigenvalue weighted by atomic mass is 10.0. The third-order valence-electron chi connectivity index (χ3n) is 3.53. The Morgan fingerprint density at radius 1 is 1.10 bits per heavy atom. The van der Waals surface area contributed by atoms with Crippen LogP contribution >= 0.6 is 0 Å². The molecule has 1 N–H and O–H groups in total. The number of rotatable bonds is 4. The minimum Gasteiger partial charge on any atom is -0.349 e. The van der Waals surface area contributed by atoms with Crippen molar-refractivity contribution < 1.29 is 4.79 Å². The highest BCUT2D eigenvalue weighted by atomic mass is 16.1. The number of hydrogen-bond acceptors (Lipinski definition) is 1. The van der Waals surface area contributed by atoms with Gasteiger partial charge in [0.15, 0.2) is 0 Å². The van der Waals surface area contributed by atoms with E-state index in [1.165, 1.54) is 11.1 Å². The van der Waals surface area contributed by atoms with Gasteiger partial charge in [0.1, 0.15) is 0 Å². The minimum absolute atomic E-state index is 0.0365. The van der Waals surface area contributed by atoms with Crippen molar-refractivity contribution in [3.8, 4) is 0 Å². The van der Waals surface area contributed by atoms with Gasteiger partial charge in [0, 0.05) is 0 Å². The molecule has 0 bridgehead atoms. The standard InChI is InChI=1S/C18H21NO/c1-13-9-10-17(14(2)11-13)12-18(20)19-15(3)16-7-5-4-6-8-16/h4-11,15H,12H2,1-3H3,(H,19,20)/t15-/m1/s1. The summed E-state index contributed by atoms with van der Waals surface area (Å²) in [7, 11) is 0. The molecule has 0 aromatic heterocycles. The van der Waals surface area contributed by atoms with Crippen molar-refractivity contribution >= 4 is 5.91 Å². The van der Waals surface area contributed by atoms with Gasteiger partial charge in [-0.05, 0) is 37.5 Å². The van der Waals surface area contributed by atoms with Crippen molar-refractivity contribution in [1.82, 2.24) is 5.32 Å². The highest BCUT2D eigenvalue weighted by Crippen LogP contribution is 2.14. The van der Waals surface area contributed by atoms with E-state index in [2.05, 4.69) is 31.3 Å². The van der Waals surface area contributed by atoms with Crippen molar-refractivity contribution in [3.05, 3.63) is 70.8 Å². The van der Waals surface area contributed by atoms with E-state index >= 15 is 0 Å². The summed E-state index contributed by atoms with van der Waals surface area (Å²) in [4.78, 5) is 12.1. The van der Waals surface area contributed by atoms with Crippen LogP contribution in [0.1, 0.15) is 35.2 Å². The largest absolute Gasteiger partial charge is 0.349 e. The summed E-state index contributed by atoms with van der Waals surface area (Å²) in [5, 5.41) is 3.05. The molecule has 0 saturated carbocycles. The van der Waals surface area contributed by atoms with E-state index < -0.39 is 0 Å². The summed E-state index contributed by atoms with van der Waals surface area (Å²) < 4.78 is 0. The van der Waals surface area contributed by atoms with E-state index in [0.717, 1.165) is 11.1 Å². The molecular weight excluding hydrogens is 246 g/mol. The normalized spacial score (nSPS) is 11.9. The van der Waals surface area contributed by atoms with Crippen molar-refractivity contribution in [3.63, 3.8) is 0 Å². The number of hydrogen-bond donors (Lipinski definition) is 1. The molecule has 2 aromatic carbocycles. The Kier molecular flexibility index (Phi) is 4.57. The third kappa shape index (κ3) is 3.70. The van der Waals surface area contributed by atoms with Crippen LogP contribution < -0.4 is 5.32 Å². The van der Waals surface area contributed by atoms with Gasteiger partial charge in [-0.1, -0.05) is 54.1 Å². The second kappa shape index (κ2) is 6.38. The number of nitrogens with one attached hydrogen (secondary N) is 1. The number of carbonyl (C=O) groups excluding carboxylic acids is 1. The SMILES string of the molecule is Cc1ccc(CC(=O)N[C@H](C)c2ccccc2)c(C)c1. The molecule has 20 heavy (non-hydrogen) atoms. The van der Waals surface area contributed by atoms with Crippen LogP contribution in [0.5, 0.6) is 0 Å². The smallest absolute Gasteiger partial charge is 0.224 e. The summed E-state index contributed by atoms with van der Waals surface area (Å²) in [5.41, 5.74) is 4.62. The fourth-order valence-corrected chi connectivity index (χ4v) is 2.33. The van der Waals surface area contributed by atoms with Gasteiger partial charge in [-0.2, -0.15) is 0 Å². The minimum atomic E-state index is 0.0365. The Bertz CT molecular complexity index is 590. The molecule has 0 aliphatic heterocycles. The van der Waals surface area contributed by atoms with Crippen LogP contribution in [0.2, 0.25) is 0 Å². The molecular formula is C18H21NO. The molecule has 104 valence electrons. The molecule has 0 heterocycles. The highest BCUT2D eigenvalue weighted by molar-refractivity contribution is 5.79. The maximum Gasteiger partial charge on any atom is 0.224 e. The summed E-state index contributed by atoms with van der Waals surface area (Å²) >= 11 is 0. The maximum absolute atomic E-state index is 12.1. The molecule has 2 aromatic rings. The van der Waals surface area contributed by atoms with Crippen molar-refractivity contribution in [2.45, 2.75) is 33.2 Å². The first-order valence-corrected chi connectivity index (χ1v) is 6.96. The molecule has 0 aliphatic rings. The topological polar surface area (TPSA) is 29.1 Å². The Balaban J connectivity index is 1.99. The monoisotopic (exact) mass is 267 g/mol. The zero-order valence-corrected chi connectivity index (χ0v) is 12.3. The van der Waals surface area contributed by atoms with Crippen LogP contribution in [0.15, 0.2) is 48.5 Å². The maximum atomic E-state index is 12.1. The molecule has 0 saturated heterocycles. The quantitative estimate of drug-likeness (QED) is 0.898. The average Bonchev–Trinajstić information content (AvgIpc) is 2.43. The van der Waals surface area contributed by atoms with E-state index in [0.29, 0.717) is 6.42 Å². The lowest BCUT2D eigenvalue weighted by molar-refractivity contribution is -0.121. The van der Waals surface area contributed by atoms with E-state index in [4.69, 9.17) is 0 Å². The number of benzene rings is 2. The Morgan fingerprint density at radius 3 is 2.45 bits per heavy atom. The fourth-order valence-electron chi connectivity index (χ4n) is 2.33. The summed E-state index contributed by atoms with van der Waals surface area (Å²) in [5.74, 6) is 0.0632. The zero-order chi connectivity index (χ0) is 14.5. The predicted molar refractivity (Wildman–Crippen MR) is 82.6 cm³/mol. The lowest BCUT2D eigenvalue weighted by Gasteiger charge is -2.15. The van der Waals surface area contributed by atoms with Gasteiger partial charge < -0.3 is 5.32 Å². The molecule has 0 fully saturated rings. The van der Waals surface area contributed by atoms with Crippen molar-refractivity contribution in [2.24, 2.45) is 0 Å². The first kappa shape index (κ1) is 14.3. The second-order valence-electron chi connectivity index (χ2n) is 5.31. The molecule has 1 amide bonds. The van der Waals surface area contributed by atoms with Gasteiger partial charge in [-0.25, -0.2) is 0 Å². The summed E-state index contributed by atoms with van der Waals surface area (Å²) in [6.07, 6.45) is 0.434. The average molecular weight is 267 g/mol. The van der Waals surface area contributed by atoms with Crippen LogP contribution in [0.3, 0.4) is 0 Å². The predicted octanol–water partition coefficient (Wildman–Crippen LogP) is 3.72. The van der Waals surface area contributed by atoms with Crippen molar-refractivity contribution in [2.75, 3.05) is 0 Å². The van der Waals surface area contributed by atoms with E-state index in [-0.39, 0.29) is 11.9 Å². The Morgan fingerprint density at radius 2 is 1.80 bits per heavy atom. The first-order valence-electron chi connectivity index (χ1n) is 6.96. The number of amides is 1. The van der Waals surface area contributed by atoms with E-state index in [1.54, 1.807) is 0 Å². The highest BCUT2D eigenvalue weighted by Gasteiger charge is 2.10. The lowest BCUT2D eigenvalue weighted by Crippen LogP contribution is -2.28. The van der Waals surface area contributed by atoms with Crippen molar-refractivity contribution in [1.29, 1.82) is 0 Å². The third-order valence-corrected chi connectivity index (χ3v) is 3.53. The number of carbonyl (C=O) groups is 1. The van der Waals surface area contributed by atoms with Crippen LogP contribution in [0, 0.1) is 13.8 Å². The summed E-state index contributed by atoms with van der Waals surface area (Å²) in [6.45, 7) is 6.12. The fraction of sp³-hybridized carbons (Fsp3) is 0.278. The van der Waals surface area contributed by atoms with Gasteiger partial charge in [0.25, 0.3) is 0 Å². The van der Waals surface area contributed by atoms with Crippen LogP contribution in [-0.4, -0.2) is 5.91 Å². The Labute approximate surface area is 120 Å². The Hall–Kier alpha value is -2.09. The molecule has 2 rings (SSSR count). The first-order chi connectivity index (χ1) is 9.56. The number of aryl methyl sites for hydroxylation is 2.